The van der Waals surface area contributed by atoms with Crippen LogP contribution in [-0.2, 0) is 0 Å². The van der Waals surface area contributed by atoms with Crippen LogP contribution < -0.4 is 10.9 Å². The molecular weight excluding hydrogens is 457 g/mol. The van der Waals surface area contributed by atoms with Crippen molar-refractivity contribution in [2.45, 2.75) is 13.0 Å². The quantitative estimate of drug-likeness (QED) is 0.413. The molecule has 172 valence electrons. The fourth-order valence-electron chi connectivity index (χ4n) is 4.07. The summed E-state index contributed by atoms with van der Waals surface area (Å²) in [5, 5.41) is 13.6. The third kappa shape index (κ3) is 3.73. The largest absolute Gasteiger partial charge is 0.465 e. The van der Waals surface area contributed by atoms with E-state index in [9.17, 15) is 18.8 Å². The number of likely N-dealkylation sites (tertiary alicyclic amines) is 1. The van der Waals surface area contributed by atoms with E-state index in [0.717, 1.165) is 0 Å². The van der Waals surface area contributed by atoms with Crippen LogP contribution in [-0.4, -0.2) is 45.6 Å². The van der Waals surface area contributed by atoms with Gasteiger partial charge >= 0.3 is 6.09 Å². The number of aryl methyl sites for hydroxylation is 1. The van der Waals surface area contributed by atoms with Gasteiger partial charge in [0.25, 0.3) is 5.56 Å². The van der Waals surface area contributed by atoms with Gasteiger partial charge in [0, 0.05) is 30.1 Å². The number of anilines is 1. The van der Waals surface area contributed by atoms with Crippen molar-refractivity contribution in [1.29, 1.82) is 0 Å². The van der Waals surface area contributed by atoms with Crippen molar-refractivity contribution in [3.8, 4) is 5.69 Å². The maximum absolute atomic E-state index is 13.8. The first-order valence-electron chi connectivity index (χ1n) is 10.6. The first-order valence-corrected chi connectivity index (χ1v) is 11.4. The van der Waals surface area contributed by atoms with Crippen LogP contribution in [0.4, 0.5) is 14.2 Å². The van der Waals surface area contributed by atoms with Crippen LogP contribution in [0.25, 0.3) is 15.9 Å². The molecule has 7 nitrogen and oxygen atoms in total. The Bertz CT molecular complexity index is 1490. The predicted molar refractivity (Wildman–Crippen MR) is 129 cm³/mol. The molecule has 1 aliphatic heterocycles. The highest BCUT2D eigenvalue weighted by Gasteiger charge is 2.32. The molecule has 0 bridgehead atoms. The molecule has 0 aliphatic carbocycles. The number of pyridine rings is 1. The summed E-state index contributed by atoms with van der Waals surface area (Å²) in [7, 11) is 0. The van der Waals surface area contributed by atoms with E-state index in [1.807, 2.05) is 30.3 Å². The van der Waals surface area contributed by atoms with Crippen LogP contribution >= 0.6 is 11.3 Å². The molecule has 3 heterocycles. The molecule has 1 amide bonds. The van der Waals surface area contributed by atoms with Crippen molar-refractivity contribution >= 4 is 38.4 Å². The number of nitrogens with one attached hydrogen (secondary N) is 1. The Balaban J connectivity index is 1.67. The lowest BCUT2D eigenvalue weighted by atomic mass is 10.00. The van der Waals surface area contributed by atoms with Crippen molar-refractivity contribution in [3.05, 3.63) is 93.5 Å². The second-order valence-corrected chi connectivity index (χ2v) is 9.19. The number of carbonyl (C=O) groups is 2. The first kappa shape index (κ1) is 21.8. The maximum atomic E-state index is 13.8. The summed E-state index contributed by atoms with van der Waals surface area (Å²) in [6.45, 7) is 2.18. The van der Waals surface area contributed by atoms with Gasteiger partial charge in [-0.25, -0.2) is 9.18 Å². The number of carboxylic acid groups (broad SMARTS) is 1. The van der Waals surface area contributed by atoms with Crippen molar-refractivity contribution in [3.63, 3.8) is 0 Å². The number of aromatic nitrogens is 1. The fraction of sp³-hybridized carbons (Fsp3) is 0.160. The van der Waals surface area contributed by atoms with E-state index in [-0.39, 0.29) is 17.4 Å². The van der Waals surface area contributed by atoms with E-state index in [1.165, 1.54) is 40.5 Å². The van der Waals surface area contributed by atoms with E-state index in [0.29, 0.717) is 50.7 Å². The highest BCUT2D eigenvalue weighted by atomic mass is 32.1. The molecule has 2 N–H and O–H groups in total. The lowest BCUT2D eigenvalue weighted by molar-refractivity contribution is 0.103. The van der Waals surface area contributed by atoms with Crippen LogP contribution in [0.5, 0.6) is 0 Å². The van der Waals surface area contributed by atoms with Crippen LogP contribution in [0.15, 0.2) is 65.5 Å². The smallest absolute Gasteiger partial charge is 0.407 e. The van der Waals surface area contributed by atoms with Crippen molar-refractivity contribution in [2.75, 3.05) is 18.4 Å². The molecule has 2 aromatic heterocycles. The Morgan fingerprint density at radius 1 is 1.09 bits per heavy atom. The standard InChI is InChI=1S/C25H20FN3O4S/c1-14-11-15(7-9-19(14)26)22(31)21-18-8-10-20(30)29(17-5-3-2-4-6-17)24(18)34-23(21)27-16-12-28(13-16)25(32)33/h2-11,16,27H,12-13H2,1H3,(H,32,33). The van der Waals surface area contributed by atoms with Gasteiger partial charge < -0.3 is 15.3 Å². The molecule has 1 aliphatic rings. The number of ketones is 1. The zero-order valence-electron chi connectivity index (χ0n) is 18.1. The van der Waals surface area contributed by atoms with Gasteiger partial charge in [0.2, 0.25) is 0 Å². The van der Waals surface area contributed by atoms with Gasteiger partial charge in [-0.2, -0.15) is 0 Å². The maximum Gasteiger partial charge on any atom is 0.407 e. The van der Waals surface area contributed by atoms with E-state index in [1.54, 1.807) is 17.6 Å². The predicted octanol–water partition coefficient (Wildman–Crippen LogP) is 4.50. The van der Waals surface area contributed by atoms with Crippen molar-refractivity contribution in [2.24, 2.45) is 0 Å². The van der Waals surface area contributed by atoms with E-state index in [4.69, 9.17) is 5.11 Å². The average molecular weight is 478 g/mol. The van der Waals surface area contributed by atoms with Crippen LogP contribution in [0.2, 0.25) is 0 Å². The lowest BCUT2D eigenvalue weighted by Gasteiger charge is -2.37. The zero-order chi connectivity index (χ0) is 24.0. The second kappa shape index (κ2) is 8.42. The molecule has 34 heavy (non-hydrogen) atoms. The summed E-state index contributed by atoms with van der Waals surface area (Å²) in [6, 6.07) is 16.3. The number of benzene rings is 2. The molecular formula is C25H20FN3O4S. The fourth-order valence-corrected chi connectivity index (χ4v) is 5.36. The molecule has 2 aromatic carbocycles. The third-order valence-corrected chi connectivity index (χ3v) is 7.01. The molecule has 0 saturated carbocycles. The van der Waals surface area contributed by atoms with Gasteiger partial charge in [-0.3, -0.25) is 14.2 Å². The third-order valence-electron chi connectivity index (χ3n) is 5.89. The highest BCUT2D eigenvalue weighted by molar-refractivity contribution is 7.23. The number of amides is 1. The number of fused-ring (bicyclic) bond motifs is 1. The van der Waals surface area contributed by atoms with Crippen LogP contribution in [0.3, 0.4) is 0 Å². The average Bonchev–Trinajstić information content (AvgIpc) is 3.15. The van der Waals surface area contributed by atoms with Crippen LogP contribution in [0, 0.1) is 12.7 Å². The van der Waals surface area contributed by atoms with Gasteiger partial charge in [0.1, 0.15) is 15.6 Å². The van der Waals surface area contributed by atoms with Crippen molar-refractivity contribution in [1.82, 2.24) is 9.47 Å². The van der Waals surface area contributed by atoms with Gasteiger partial charge in [-0.1, -0.05) is 29.5 Å². The number of carbonyl (C=O) groups excluding carboxylic acids is 1. The molecule has 1 saturated heterocycles. The van der Waals surface area contributed by atoms with E-state index < -0.39 is 11.9 Å². The summed E-state index contributed by atoms with van der Waals surface area (Å²) in [6.07, 6.45) is -0.995. The Kier molecular flexibility index (Phi) is 5.41. The molecule has 4 aromatic rings. The highest BCUT2D eigenvalue weighted by Crippen LogP contribution is 2.38. The molecule has 5 rings (SSSR count). The Hall–Kier alpha value is -3.98. The minimum absolute atomic E-state index is 0.164. The number of para-hydroxylation sites is 1. The summed E-state index contributed by atoms with van der Waals surface area (Å²) in [5.74, 6) is -0.698. The summed E-state index contributed by atoms with van der Waals surface area (Å²) in [4.78, 5) is 39.5. The Morgan fingerprint density at radius 2 is 1.82 bits per heavy atom. The number of rotatable bonds is 5. The molecule has 0 radical (unpaired) electrons. The molecule has 9 heteroatoms. The molecule has 0 spiro atoms. The molecule has 1 fully saturated rings. The molecule has 0 atom stereocenters. The minimum Gasteiger partial charge on any atom is -0.465 e. The second-order valence-electron chi connectivity index (χ2n) is 8.19. The minimum atomic E-state index is -0.995. The number of hydrogen-bond donors (Lipinski definition) is 2. The Labute approximate surface area is 197 Å². The number of thiophene rings is 1. The van der Waals surface area contributed by atoms with Gasteiger partial charge in [0.05, 0.1) is 17.3 Å². The SMILES string of the molecule is Cc1cc(C(=O)c2c(NC3CN(C(=O)O)C3)sc3c2ccc(=O)n3-c2ccccc2)ccc1F. The summed E-state index contributed by atoms with van der Waals surface area (Å²) in [5.41, 5.74) is 1.51. The summed E-state index contributed by atoms with van der Waals surface area (Å²) < 4.78 is 15.4. The van der Waals surface area contributed by atoms with Crippen LogP contribution in [0.1, 0.15) is 21.5 Å². The van der Waals surface area contributed by atoms with E-state index >= 15 is 0 Å². The Morgan fingerprint density at radius 3 is 2.50 bits per heavy atom. The first-order chi connectivity index (χ1) is 16.3. The van der Waals surface area contributed by atoms with Gasteiger partial charge in [-0.05, 0) is 48.9 Å². The number of hydrogen-bond acceptors (Lipinski definition) is 5. The molecule has 0 unspecified atom stereocenters. The van der Waals surface area contributed by atoms with Crippen molar-refractivity contribution < 1.29 is 19.1 Å². The lowest BCUT2D eigenvalue weighted by Crippen LogP contribution is -2.56. The van der Waals surface area contributed by atoms with E-state index in [2.05, 4.69) is 5.32 Å². The monoisotopic (exact) mass is 477 g/mol. The number of nitrogens with zero attached hydrogens (tertiary/aromatic N) is 2. The van der Waals surface area contributed by atoms with Gasteiger partial charge in [0.15, 0.2) is 5.78 Å². The zero-order valence-corrected chi connectivity index (χ0v) is 18.9. The summed E-state index contributed by atoms with van der Waals surface area (Å²) >= 11 is 1.27. The normalized spacial score (nSPS) is 13.6. The van der Waals surface area contributed by atoms with Gasteiger partial charge in [-0.15, -0.1) is 0 Å². The topological polar surface area (TPSA) is 91.6 Å². The number of halogens is 1.